The lowest BCUT2D eigenvalue weighted by Crippen LogP contribution is -2.64. The number of hydrogen-bond donors (Lipinski definition) is 2. The Kier molecular flexibility index (Phi) is 5.69. The fourth-order valence-electron chi connectivity index (χ4n) is 5.83. The molecule has 0 radical (unpaired) electrons. The van der Waals surface area contributed by atoms with Crippen molar-refractivity contribution in [1.82, 2.24) is 4.98 Å². The van der Waals surface area contributed by atoms with Crippen LogP contribution in [0.4, 0.5) is 5.82 Å². The van der Waals surface area contributed by atoms with Crippen molar-refractivity contribution in [3.8, 4) is 17.2 Å². The second-order valence-electron chi connectivity index (χ2n) is 11.5. The third-order valence-electron chi connectivity index (χ3n) is 8.26. The van der Waals surface area contributed by atoms with E-state index < -0.39 is 0 Å². The number of anilines is 1. The Labute approximate surface area is 213 Å². The Balaban J connectivity index is 1.06. The Morgan fingerprint density at radius 1 is 0.889 bits per heavy atom. The molecule has 1 spiro atoms. The van der Waals surface area contributed by atoms with E-state index in [1.165, 1.54) is 11.1 Å². The maximum Gasteiger partial charge on any atom is 0.145 e. The van der Waals surface area contributed by atoms with E-state index in [1.54, 1.807) is 6.20 Å². The number of aliphatic hydroxyl groups is 1. The van der Waals surface area contributed by atoms with Crippen LogP contribution in [-0.4, -0.2) is 41.4 Å². The minimum Gasteiger partial charge on any atom is -0.490 e. The van der Waals surface area contributed by atoms with Gasteiger partial charge >= 0.3 is 0 Å². The summed E-state index contributed by atoms with van der Waals surface area (Å²) in [7, 11) is 0. The predicted molar refractivity (Wildman–Crippen MR) is 141 cm³/mol. The van der Waals surface area contributed by atoms with Crippen LogP contribution in [0.2, 0.25) is 0 Å². The molecule has 2 aliphatic carbocycles. The van der Waals surface area contributed by atoms with Gasteiger partial charge in [-0.15, -0.1) is 0 Å². The smallest absolute Gasteiger partial charge is 0.145 e. The van der Waals surface area contributed by atoms with E-state index in [4.69, 9.17) is 15.2 Å². The monoisotopic (exact) mass is 485 g/mol. The Morgan fingerprint density at radius 3 is 2.00 bits per heavy atom. The lowest BCUT2D eigenvalue weighted by molar-refractivity contribution is -0.0494. The molecule has 1 aliphatic heterocycles. The van der Waals surface area contributed by atoms with Gasteiger partial charge in [0, 0.05) is 30.0 Å². The van der Waals surface area contributed by atoms with Crippen LogP contribution in [-0.2, 0) is 5.41 Å². The number of rotatable bonds is 7. The molecule has 3 aliphatic rings. The average molecular weight is 486 g/mol. The molecular formula is C30H35N3O3. The zero-order valence-corrected chi connectivity index (χ0v) is 21.1. The number of nitrogens with two attached hydrogens (primary N) is 1. The van der Waals surface area contributed by atoms with Crippen LogP contribution in [0.5, 0.6) is 17.2 Å². The second kappa shape index (κ2) is 8.79. The van der Waals surface area contributed by atoms with E-state index in [0.29, 0.717) is 5.41 Å². The van der Waals surface area contributed by atoms with Crippen LogP contribution in [0.3, 0.4) is 0 Å². The summed E-state index contributed by atoms with van der Waals surface area (Å²) < 4.78 is 12.1. The van der Waals surface area contributed by atoms with Crippen molar-refractivity contribution in [2.75, 3.05) is 18.0 Å². The van der Waals surface area contributed by atoms with E-state index >= 15 is 0 Å². The van der Waals surface area contributed by atoms with Gasteiger partial charge in [-0.25, -0.2) is 4.98 Å². The average Bonchev–Trinajstić information content (AvgIpc) is 2.81. The largest absolute Gasteiger partial charge is 0.490 e. The minimum atomic E-state index is -0.149. The molecule has 3 N–H and O–H groups in total. The molecule has 2 saturated carbocycles. The van der Waals surface area contributed by atoms with Crippen LogP contribution >= 0.6 is 0 Å². The molecule has 188 valence electrons. The van der Waals surface area contributed by atoms with Crippen molar-refractivity contribution in [2.45, 2.75) is 63.2 Å². The molecule has 36 heavy (non-hydrogen) atoms. The van der Waals surface area contributed by atoms with E-state index in [0.717, 1.165) is 61.8 Å². The third-order valence-corrected chi connectivity index (χ3v) is 8.26. The first kappa shape index (κ1) is 23.3. The highest BCUT2D eigenvalue weighted by Gasteiger charge is 2.52. The zero-order chi connectivity index (χ0) is 24.9. The molecule has 3 aromatic rings. The summed E-state index contributed by atoms with van der Waals surface area (Å²) in [6, 6.07) is 21.0. The quantitative estimate of drug-likeness (QED) is 0.489. The summed E-state index contributed by atoms with van der Waals surface area (Å²) in [6.45, 7) is 6.44. The molecule has 6 nitrogen and oxygen atoms in total. The molecule has 0 atom stereocenters. The summed E-state index contributed by atoms with van der Waals surface area (Å²) in [5, 5.41) is 9.60. The number of pyridine rings is 1. The number of nitrogens with zero attached hydrogens (tertiary/aromatic N) is 2. The summed E-state index contributed by atoms with van der Waals surface area (Å²) >= 11 is 0. The first-order valence-corrected chi connectivity index (χ1v) is 13.0. The van der Waals surface area contributed by atoms with E-state index in [9.17, 15) is 5.11 Å². The number of aromatic nitrogens is 1. The van der Waals surface area contributed by atoms with Gasteiger partial charge in [-0.2, -0.15) is 0 Å². The van der Waals surface area contributed by atoms with Gasteiger partial charge < -0.3 is 25.2 Å². The van der Waals surface area contributed by atoms with Crippen LogP contribution in [0.15, 0.2) is 66.9 Å². The highest BCUT2D eigenvalue weighted by atomic mass is 16.5. The molecule has 0 bridgehead atoms. The van der Waals surface area contributed by atoms with E-state index in [2.05, 4.69) is 60.1 Å². The van der Waals surface area contributed by atoms with Crippen LogP contribution in [0, 0.1) is 5.41 Å². The first-order valence-electron chi connectivity index (χ1n) is 13.0. The van der Waals surface area contributed by atoms with Gasteiger partial charge in [0.1, 0.15) is 29.2 Å². The zero-order valence-electron chi connectivity index (χ0n) is 21.1. The molecular weight excluding hydrogens is 450 g/mol. The van der Waals surface area contributed by atoms with Crippen molar-refractivity contribution >= 4 is 5.82 Å². The van der Waals surface area contributed by atoms with Gasteiger partial charge in [0.05, 0.1) is 12.3 Å². The fourth-order valence-corrected chi connectivity index (χ4v) is 5.83. The maximum atomic E-state index is 9.60. The first-order chi connectivity index (χ1) is 17.3. The molecule has 1 aromatic heterocycles. The maximum absolute atomic E-state index is 9.60. The van der Waals surface area contributed by atoms with Crippen molar-refractivity contribution in [3.05, 3.63) is 78.0 Å². The normalized spacial score (nSPS) is 22.9. The molecule has 0 unspecified atom stereocenters. The van der Waals surface area contributed by atoms with Gasteiger partial charge in [-0.05, 0) is 73.2 Å². The number of benzene rings is 2. The Morgan fingerprint density at radius 2 is 1.47 bits per heavy atom. The summed E-state index contributed by atoms with van der Waals surface area (Å²) in [5.41, 5.74) is 8.49. The Hall–Kier alpha value is -3.09. The van der Waals surface area contributed by atoms with Crippen molar-refractivity contribution < 1.29 is 14.6 Å². The predicted octanol–water partition coefficient (Wildman–Crippen LogP) is 5.03. The number of ether oxygens (including phenoxy) is 2. The van der Waals surface area contributed by atoms with Crippen LogP contribution < -0.4 is 20.1 Å². The molecule has 3 fully saturated rings. The standard InChI is InChI=1S/C30H35N3O3/c1-29(2,21-5-9-25(10-6-21)36-27-13-22(31)14-27)20-3-7-24(8-4-20)35-26-11-12-28(32-17-26)33-18-30(19-33)15-23(34)16-30/h3-12,17,22-23,27,34H,13-16,18-19,31H2,1-2H3. The van der Waals surface area contributed by atoms with Gasteiger partial charge in [-0.1, -0.05) is 38.1 Å². The van der Waals surface area contributed by atoms with Crippen LogP contribution in [0.1, 0.15) is 50.7 Å². The van der Waals surface area contributed by atoms with Gasteiger partial charge in [0.25, 0.3) is 0 Å². The van der Waals surface area contributed by atoms with Crippen molar-refractivity contribution in [2.24, 2.45) is 11.1 Å². The topological polar surface area (TPSA) is 80.8 Å². The van der Waals surface area contributed by atoms with Gasteiger partial charge in [0.15, 0.2) is 0 Å². The Bertz CT molecular complexity index is 1190. The highest BCUT2D eigenvalue weighted by molar-refractivity contribution is 5.47. The summed E-state index contributed by atoms with van der Waals surface area (Å²) in [4.78, 5) is 6.87. The van der Waals surface area contributed by atoms with E-state index in [1.807, 2.05) is 24.3 Å². The lowest BCUT2D eigenvalue weighted by atomic mass is 9.62. The number of hydrogen-bond acceptors (Lipinski definition) is 6. The fraction of sp³-hybridized carbons (Fsp3) is 0.433. The summed E-state index contributed by atoms with van der Waals surface area (Å²) in [5.74, 6) is 3.39. The second-order valence-corrected chi connectivity index (χ2v) is 11.5. The molecule has 2 aromatic carbocycles. The van der Waals surface area contributed by atoms with Crippen molar-refractivity contribution in [1.29, 1.82) is 0 Å². The molecule has 0 amide bonds. The lowest BCUT2D eigenvalue weighted by Gasteiger charge is -2.58. The molecule has 6 rings (SSSR count). The third kappa shape index (κ3) is 4.44. The van der Waals surface area contributed by atoms with Crippen molar-refractivity contribution in [3.63, 3.8) is 0 Å². The SMILES string of the molecule is CC(C)(c1ccc(Oc2ccc(N3CC4(CC(O)C4)C3)nc2)cc1)c1ccc(OC2CC(N)C2)cc1. The van der Waals surface area contributed by atoms with Gasteiger partial charge in [-0.3, -0.25) is 0 Å². The molecule has 2 heterocycles. The minimum absolute atomic E-state index is 0.107. The number of aliphatic hydroxyl groups excluding tert-OH is 1. The van der Waals surface area contributed by atoms with Crippen LogP contribution in [0.25, 0.3) is 0 Å². The molecule has 6 heteroatoms. The van der Waals surface area contributed by atoms with E-state index in [-0.39, 0.29) is 23.7 Å². The molecule has 1 saturated heterocycles. The highest BCUT2D eigenvalue weighted by Crippen LogP contribution is 2.49. The van der Waals surface area contributed by atoms with Gasteiger partial charge in [0.2, 0.25) is 0 Å². The summed E-state index contributed by atoms with van der Waals surface area (Å²) in [6.07, 6.45) is 5.65.